The summed E-state index contributed by atoms with van der Waals surface area (Å²) in [5.41, 5.74) is 0.528. The Morgan fingerprint density at radius 1 is 1.34 bits per heavy atom. The number of aryl methyl sites for hydroxylation is 1. The number of fused-ring (bicyclic) bond motifs is 1. The van der Waals surface area contributed by atoms with Crippen molar-refractivity contribution in [2.75, 3.05) is 7.11 Å². The number of nitrogens with zero attached hydrogens (tertiary/aromatic N) is 3. The first-order valence-electron chi connectivity index (χ1n) is 10.2. The Hall–Kier alpha value is -2.83. The first-order valence-corrected chi connectivity index (χ1v) is 10.2. The maximum Gasteiger partial charge on any atom is 0.290 e. The zero-order chi connectivity index (χ0) is 20.6. The first kappa shape index (κ1) is 19.5. The van der Waals surface area contributed by atoms with Gasteiger partial charge in [-0.1, -0.05) is 18.6 Å². The zero-order valence-electron chi connectivity index (χ0n) is 17.2. The largest absolute Gasteiger partial charge is 0.497 e. The number of methoxy groups -OCH3 is 1. The fourth-order valence-electron chi connectivity index (χ4n) is 4.85. The van der Waals surface area contributed by atoms with Crippen LogP contribution in [0, 0.1) is 0 Å². The summed E-state index contributed by atoms with van der Waals surface area (Å²) in [5, 5.41) is 3.24. The molecular weight excluding hydrogens is 368 g/mol. The second kappa shape index (κ2) is 7.54. The van der Waals surface area contributed by atoms with Gasteiger partial charge in [-0.2, -0.15) is 0 Å². The zero-order valence-corrected chi connectivity index (χ0v) is 17.2. The fourth-order valence-corrected chi connectivity index (χ4v) is 4.85. The Labute approximate surface area is 171 Å². The molecule has 154 valence electrons. The minimum absolute atomic E-state index is 0.0629. The standard InChI is InChI=1S/C22H28N4O3/c1-22-14-17(15-7-6-8-16(13-15)29-3)26(21(28)20-23-11-12-25(20)2)18(22)9-4-5-10-19(27)24-22/h6-8,11-13,17-18H,4-5,9-10,14H2,1-3H3,(H,24,27)/t17-,18-,22-/m0/s1. The minimum Gasteiger partial charge on any atom is -0.497 e. The van der Waals surface area contributed by atoms with Gasteiger partial charge in [0, 0.05) is 25.9 Å². The topological polar surface area (TPSA) is 76.5 Å². The van der Waals surface area contributed by atoms with Gasteiger partial charge in [0.05, 0.1) is 24.7 Å². The first-order chi connectivity index (χ1) is 13.9. The number of rotatable bonds is 3. The average molecular weight is 396 g/mol. The van der Waals surface area contributed by atoms with E-state index in [9.17, 15) is 9.59 Å². The van der Waals surface area contributed by atoms with E-state index in [0.717, 1.165) is 30.6 Å². The molecule has 2 saturated heterocycles. The maximum atomic E-state index is 13.6. The lowest BCUT2D eigenvalue weighted by Crippen LogP contribution is -2.56. The summed E-state index contributed by atoms with van der Waals surface area (Å²) in [6, 6.07) is 7.59. The molecular formula is C22H28N4O3. The van der Waals surface area contributed by atoms with Crippen LogP contribution in [-0.2, 0) is 11.8 Å². The third-order valence-electron chi connectivity index (χ3n) is 6.31. The molecule has 7 nitrogen and oxygen atoms in total. The Morgan fingerprint density at radius 3 is 2.90 bits per heavy atom. The van der Waals surface area contributed by atoms with Crippen LogP contribution in [0.1, 0.15) is 61.3 Å². The number of hydrogen-bond donors (Lipinski definition) is 1. The van der Waals surface area contributed by atoms with Crippen molar-refractivity contribution >= 4 is 11.8 Å². The van der Waals surface area contributed by atoms with Crippen molar-refractivity contribution in [2.24, 2.45) is 7.05 Å². The molecule has 7 heteroatoms. The molecule has 2 amide bonds. The van der Waals surface area contributed by atoms with Crippen LogP contribution < -0.4 is 10.1 Å². The molecule has 2 aliphatic heterocycles. The maximum absolute atomic E-state index is 13.6. The van der Waals surface area contributed by atoms with Crippen molar-refractivity contribution in [1.29, 1.82) is 0 Å². The number of aromatic nitrogens is 2. The molecule has 1 aromatic heterocycles. The van der Waals surface area contributed by atoms with Gasteiger partial charge in [0.15, 0.2) is 5.82 Å². The van der Waals surface area contributed by atoms with Crippen LogP contribution in [0.2, 0.25) is 0 Å². The van der Waals surface area contributed by atoms with Crippen molar-refractivity contribution in [1.82, 2.24) is 19.8 Å². The molecule has 0 aliphatic carbocycles. The van der Waals surface area contributed by atoms with Gasteiger partial charge in [-0.15, -0.1) is 0 Å². The summed E-state index contributed by atoms with van der Waals surface area (Å²) in [6.45, 7) is 2.07. The number of benzene rings is 1. The summed E-state index contributed by atoms with van der Waals surface area (Å²) < 4.78 is 7.16. The number of ether oxygens (including phenoxy) is 1. The van der Waals surface area contributed by atoms with Crippen molar-refractivity contribution in [2.45, 2.75) is 56.7 Å². The lowest BCUT2D eigenvalue weighted by Gasteiger charge is -2.38. The third kappa shape index (κ3) is 3.50. The van der Waals surface area contributed by atoms with E-state index in [4.69, 9.17) is 4.74 Å². The molecule has 3 heterocycles. The van der Waals surface area contributed by atoms with Gasteiger partial charge in [-0.05, 0) is 43.9 Å². The van der Waals surface area contributed by atoms with Crippen LogP contribution in [-0.4, -0.2) is 45.0 Å². The predicted octanol–water partition coefficient (Wildman–Crippen LogP) is 2.83. The Morgan fingerprint density at radius 2 is 2.17 bits per heavy atom. The molecule has 2 aliphatic rings. The predicted molar refractivity (Wildman–Crippen MR) is 109 cm³/mol. The Kier molecular flexibility index (Phi) is 5.06. The number of imidazole rings is 1. The van der Waals surface area contributed by atoms with Gasteiger partial charge in [0.1, 0.15) is 5.75 Å². The van der Waals surface area contributed by atoms with Gasteiger partial charge in [0.2, 0.25) is 5.91 Å². The number of hydrogen-bond acceptors (Lipinski definition) is 4. The van der Waals surface area contributed by atoms with Crippen LogP contribution in [0.3, 0.4) is 0 Å². The summed E-state index contributed by atoms with van der Waals surface area (Å²) in [6.07, 6.45) is 7.24. The summed E-state index contributed by atoms with van der Waals surface area (Å²) >= 11 is 0. The van der Waals surface area contributed by atoms with Crippen molar-refractivity contribution in [3.8, 4) is 5.75 Å². The quantitative estimate of drug-likeness (QED) is 0.866. The number of nitrogens with one attached hydrogen (secondary N) is 1. The summed E-state index contributed by atoms with van der Waals surface area (Å²) in [5.74, 6) is 1.13. The van der Waals surface area contributed by atoms with Crippen molar-refractivity contribution in [3.63, 3.8) is 0 Å². The molecule has 0 radical (unpaired) electrons. The number of carbonyl (C=O) groups is 2. The molecule has 2 aromatic rings. The van der Waals surface area contributed by atoms with E-state index >= 15 is 0 Å². The Balaban J connectivity index is 1.79. The van der Waals surface area contributed by atoms with Crippen molar-refractivity contribution < 1.29 is 14.3 Å². The molecule has 3 atom stereocenters. The number of carbonyl (C=O) groups excluding carboxylic acids is 2. The van der Waals surface area contributed by atoms with E-state index in [1.54, 1.807) is 24.1 Å². The van der Waals surface area contributed by atoms with Crippen LogP contribution >= 0.6 is 0 Å². The smallest absolute Gasteiger partial charge is 0.290 e. The second-order valence-electron chi connectivity index (χ2n) is 8.30. The van der Waals surface area contributed by atoms with Crippen LogP contribution in [0.25, 0.3) is 0 Å². The fraction of sp³-hybridized carbons (Fsp3) is 0.500. The molecule has 1 N–H and O–H groups in total. The third-order valence-corrected chi connectivity index (χ3v) is 6.31. The van der Waals surface area contributed by atoms with Gasteiger partial charge >= 0.3 is 0 Å². The van der Waals surface area contributed by atoms with Crippen molar-refractivity contribution in [3.05, 3.63) is 48.0 Å². The van der Waals surface area contributed by atoms with Gasteiger partial charge < -0.3 is 19.5 Å². The summed E-state index contributed by atoms with van der Waals surface area (Å²) in [4.78, 5) is 32.3. The monoisotopic (exact) mass is 396 g/mol. The van der Waals surface area contributed by atoms with Gasteiger partial charge in [-0.25, -0.2) is 4.98 Å². The normalized spacial score (nSPS) is 27.0. The average Bonchev–Trinajstić information content (AvgIpc) is 3.24. The van der Waals surface area contributed by atoms with E-state index in [0.29, 0.717) is 18.7 Å². The second-order valence-corrected chi connectivity index (χ2v) is 8.30. The molecule has 1 aromatic carbocycles. The summed E-state index contributed by atoms with van der Waals surface area (Å²) in [7, 11) is 3.47. The van der Waals surface area contributed by atoms with E-state index in [2.05, 4.69) is 17.2 Å². The van der Waals surface area contributed by atoms with E-state index < -0.39 is 5.54 Å². The van der Waals surface area contributed by atoms with Crippen LogP contribution in [0.4, 0.5) is 0 Å². The molecule has 0 saturated carbocycles. The molecule has 2 fully saturated rings. The lowest BCUT2D eigenvalue weighted by atomic mass is 9.85. The highest BCUT2D eigenvalue weighted by Crippen LogP contribution is 2.46. The van der Waals surface area contributed by atoms with Crippen LogP contribution in [0.15, 0.2) is 36.7 Å². The molecule has 4 rings (SSSR count). The highest BCUT2D eigenvalue weighted by atomic mass is 16.5. The van der Waals surface area contributed by atoms with E-state index in [1.807, 2.05) is 36.2 Å². The SMILES string of the molecule is COc1cccc([C@@H]2C[C@]3(C)NC(=O)CCCC[C@@H]3N2C(=O)c2nccn2C)c1. The van der Waals surface area contributed by atoms with E-state index in [-0.39, 0.29) is 23.9 Å². The number of likely N-dealkylation sites (tertiary alicyclic amines) is 1. The minimum atomic E-state index is -0.480. The number of amides is 2. The molecule has 0 spiro atoms. The highest BCUT2D eigenvalue weighted by molar-refractivity contribution is 5.92. The van der Waals surface area contributed by atoms with E-state index in [1.165, 1.54) is 0 Å². The van der Waals surface area contributed by atoms with Crippen LogP contribution in [0.5, 0.6) is 5.75 Å². The molecule has 0 unspecified atom stereocenters. The molecule has 29 heavy (non-hydrogen) atoms. The van der Waals surface area contributed by atoms with Gasteiger partial charge in [-0.3, -0.25) is 9.59 Å². The molecule has 0 bridgehead atoms. The lowest BCUT2D eigenvalue weighted by molar-refractivity contribution is -0.123. The van der Waals surface area contributed by atoms with Gasteiger partial charge in [0.25, 0.3) is 5.91 Å². The Bertz CT molecular complexity index is 924. The highest BCUT2D eigenvalue weighted by Gasteiger charge is 2.53.